The molecule has 1 amide bonds. The van der Waals surface area contributed by atoms with Gasteiger partial charge < -0.3 is 21.2 Å². The lowest BCUT2D eigenvalue weighted by molar-refractivity contribution is 0.0958. The van der Waals surface area contributed by atoms with Gasteiger partial charge in [-0.1, -0.05) is 12.1 Å². The van der Waals surface area contributed by atoms with E-state index in [4.69, 9.17) is 15.9 Å². The Morgan fingerprint density at radius 3 is 2.56 bits per heavy atom. The van der Waals surface area contributed by atoms with Crippen LogP contribution in [-0.2, 0) is 0 Å². The van der Waals surface area contributed by atoms with Crippen molar-refractivity contribution in [2.24, 2.45) is 0 Å². The molecule has 27 heavy (non-hydrogen) atoms. The van der Waals surface area contributed by atoms with Crippen LogP contribution in [0.2, 0.25) is 0 Å². The van der Waals surface area contributed by atoms with E-state index in [2.05, 4.69) is 5.32 Å². The van der Waals surface area contributed by atoms with Crippen molar-refractivity contribution in [2.45, 2.75) is 6.92 Å². The molecule has 0 unspecified atom stereocenters. The van der Waals surface area contributed by atoms with E-state index in [1.807, 2.05) is 0 Å². The van der Waals surface area contributed by atoms with Gasteiger partial charge in [-0.3, -0.25) is 9.59 Å². The van der Waals surface area contributed by atoms with E-state index in [1.165, 1.54) is 57.5 Å². The van der Waals surface area contributed by atoms with Crippen molar-refractivity contribution >= 4 is 29.2 Å². The normalized spacial score (nSPS) is 10.7. The number of allylic oxidation sites excluding steroid dienone is 1. The Kier molecular flexibility index (Phi) is 6.07. The standard InChI is InChI=1S/C20H20FN3O3.2H2/c1-11(25)14-10-12(4-7-15(14)21)5-8-16(22)18-17(23)9-6-13(19(18)27-3)20(26)24-2;;/h4-10,22H,23H2,1-3H3,(H,24,26);2*1H/b8-5+,22-16?;;. The largest absolute Gasteiger partial charge is 0.495 e. The first-order valence-corrected chi connectivity index (χ1v) is 8.06. The quantitative estimate of drug-likeness (QED) is 0.409. The lowest BCUT2D eigenvalue weighted by atomic mass is 10.00. The lowest BCUT2D eigenvalue weighted by Gasteiger charge is -2.14. The van der Waals surface area contributed by atoms with Gasteiger partial charge in [0.15, 0.2) is 5.78 Å². The minimum Gasteiger partial charge on any atom is -0.495 e. The number of benzene rings is 2. The van der Waals surface area contributed by atoms with E-state index in [0.29, 0.717) is 5.56 Å². The molecule has 0 aliphatic carbocycles. The monoisotopic (exact) mass is 373 g/mol. The molecule has 0 aromatic heterocycles. The molecule has 0 saturated carbocycles. The Hall–Kier alpha value is -3.48. The molecule has 0 bridgehead atoms. The fourth-order valence-corrected chi connectivity index (χ4v) is 2.58. The van der Waals surface area contributed by atoms with Crippen LogP contribution in [0.1, 0.15) is 41.6 Å². The van der Waals surface area contributed by atoms with Crippen LogP contribution in [0.15, 0.2) is 36.4 Å². The van der Waals surface area contributed by atoms with Gasteiger partial charge in [-0.25, -0.2) is 4.39 Å². The zero-order chi connectivity index (χ0) is 20.1. The van der Waals surface area contributed by atoms with Crippen LogP contribution in [0.3, 0.4) is 0 Å². The minimum atomic E-state index is -0.598. The fourth-order valence-electron chi connectivity index (χ4n) is 2.58. The summed E-state index contributed by atoms with van der Waals surface area (Å²) in [5.41, 5.74) is 7.30. The number of rotatable bonds is 6. The summed E-state index contributed by atoms with van der Waals surface area (Å²) >= 11 is 0. The number of nitrogen functional groups attached to an aromatic ring is 1. The molecular formula is C20H24FN3O3. The van der Waals surface area contributed by atoms with Crippen LogP contribution in [0.5, 0.6) is 5.75 Å². The van der Waals surface area contributed by atoms with E-state index in [-0.39, 0.29) is 48.4 Å². The van der Waals surface area contributed by atoms with Crippen molar-refractivity contribution in [1.82, 2.24) is 5.32 Å². The molecule has 0 spiro atoms. The molecule has 2 aromatic rings. The van der Waals surface area contributed by atoms with Gasteiger partial charge in [-0.15, -0.1) is 0 Å². The average Bonchev–Trinajstić information content (AvgIpc) is 2.65. The van der Waals surface area contributed by atoms with Gasteiger partial charge in [-0.05, 0) is 42.8 Å². The first-order chi connectivity index (χ1) is 12.8. The highest BCUT2D eigenvalue weighted by Crippen LogP contribution is 2.30. The molecule has 144 valence electrons. The third-order valence-electron chi connectivity index (χ3n) is 3.95. The van der Waals surface area contributed by atoms with E-state index in [1.54, 1.807) is 6.08 Å². The number of nitrogens with two attached hydrogens (primary N) is 1. The topological polar surface area (TPSA) is 105 Å². The van der Waals surface area contributed by atoms with Crippen molar-refractivity contribution in [3.05, 3.63) is 64.5 Å². The molecule has 4 N–H and O–H groups in total. The van der Waals surface area contributed by atoms with Crippen molar-refractivity contribution in [2.75, 3.05) is 19.9 Å². The zero-order valence-electron chi connectivity index (χ0n) is 15.2. The summed E-state index contributed by atoms with van der Waals surface area (Å²) in [5, 5.41) is 10.8. The summed E-state index contributed by atoms with van der Waals surface area (Å²) in [7, 11) is 2.88. The number of hydrogen-bond donors (Lipinski definition) is 3. The summed E-state index contributed by atoms with van der Waals surface area (Å²) in [4.78, 5) is 23.5. The number of amides is 1. The van der Waals surface area contributed by atoms with Gasteiger partial charge in [0.2, 0.25) is 0 Å². The summed E-state index contributed by atoms with van der Waals surface area (Å²) in [6, 6.07) is 7.14. The van der Waals surface area contributed by atoms with E-state index in [9.17, 15) is 14.0 Å². The maximum atomic E-state index is 13.6. The lowest BCUT2D eigenvalue weighted by Crippen LogP contribution is -2.20. The van der Waals surface area contributed by atoms with Crippen LogP contribution >= 0.6 is 0 Å². The molecule has 2 rings (SSSR count). The number of carbonyl (C=O) groups is 2. The number of anilines is 1. The first kappa shape index (κ1) is 19.8. The van der Waals surface area contributed by atoms with Gasteiger partial charge >= 0.3 is 0 Å². The number of nitrogens with one attached hydrogen (secondary N) is 2. The van der Waals surface area contributed by atoms with Crippen LogP contribution < -0.4 is 15.8 Å². The average molecular weight is 373 g/mol. The van der Waals surface area contributed by atoms with Gasteiger partial charge in [0, 0.05) is 15.6 Å². The molecule has 0 aliphatic heterocycles. The van der Waals surface area contributed by atoms with Crippen molar-refractivity contribution in [3.8, 4) is 5.75 Å². The molecule has 6 nitrogen and oxygen atoms in total. The Morgan fingerprint density at radius 1 is 1.26 bits per heavy atom. The number of ether oxygens (including phenoxy) is 1. The highest BCUT2D eigenvalue weighted by molar-refractivity contribution is 6.15. The zero-order valence-corrected chi connectivity index (χ0v) is 15.2. The second-order valence-corrected chi connectivity index (χ2v) is 5.73. The Morgan fingerprint density at radius 2 is 1.96 bits per heavy atom. The number of hydrogen-bond acceptors (Lipinski definition) is 5. The van der Waals surface area contributed by atoms with Gasteiger partial charge in [-0.2, -0.15) is 0 Å². The molecule has 0 aliphatic rings. The number of carbonyl (C=O) groups excluding carboxylic acids is 2. The predicted octanol–water partition coefficient (Wildman–Crippen LogP) is 3.55. The van der Waals surface area contributed by atoms with E-state index < -0.39 is 5.82 Å². The minimum absolute atomic E-state index is 0. The maximum Gasteiger partial charge on any atom is 0.254 e. The Balaban J connectivity index is 0.00000392. The van der Waals surface area contributed by atoms with Gasteiger partial charge in [0.1, 0.15) is 11.6 Å². The molecule has 0 saturated heterocycles. The molecule has 0 heterocycles. The third-order valence-corrected chi connectivity index (χ3v) is 3.95. The van der Waals surface area contributed by atoms with Crippen LogP contribution in [0.25, 0.3) is 6.08 Å². The number of ketones is 1. The smallest absolute Gasteiger partial charge is 0.254 e. The number of methoxy groups -OCH3 is 1. The van der Waals surface area contributed by atoms with Crippen LogP contribution in [0.4, 0.5) is 10.1 Å². The molecule has 0 radical (unpaired) electrons. The highest BCUT2D eigenvalue weighted by atomic mass is 19.1. The van der Waals surface area contributed by atoms with Crippen LogP contribution in [-0.4, -0.2) is 31.6 Å². The number of halogens is 1. The molecule has 0 atom stereocenters. The van der Waals surface area contributed by atoms with Crippen molar-refractivity contribution in [3.63, 3.8) is 0 Å². The molecule has 0 fully saturated rings. The summed E-state index contributed by atoms with van der Waals surface area (Å²) in [5.74, 6) is -1.16. The summed E-state index contributed by atoms with van der Waals surface area (Å²) < 4.78 is 18.9. The summed E-state index contributed by atoms with van der Waals surface area (Å²) in [6.45, 7) is 1.28. The van der Waals surface area contributed by atoms with Gasteiger partial charge in [0.25, 0.3) is 5.91 Å². The van der Waals surface area contributed by atoms with E-state index in [0.717, 1.165) is 0 Å². The second-order valence-electron chi connectivity index (χ2n) is 5.73. The maximum absolute atomic E-state index is 13.6. The highest BCUT2D eigenvalue weighted by Gasteiger charge is 2.19. The summed E-state index contributed by atoms with van der Waals surface area (Å²) in [6.07, 6.45) is 3.00. The molecule has 7 heteroatoms. The van der Waals surface area contributed by atoms with E-state index >= 15 is 0 Å². The second kappa shape index (κ2) is 8.27. The first-order valence-electron chi connectivity index (χ1n) is 8.06. The Labute approximate surface area is 159 Å². The van der Waals surface area contributed by atoms with Gasteiger partial charge in [0.05, 0.1) is 29.5 Å². The SMILES string of the molecule is CNC(=O)c1ccc(N)c(C(=N)/C=C/c2ccc(F)c(C(C)=O)c2)c1OC.[HH].[HH]. The number of Topliss-reactive ketones (excluding diaryl/α,β-unsaturated/α-hetero) is 1. The predicted molar refractivity (Wildman–Crippen MR) is 107 cm³/mol. The van der Waals surface area contributed by atoms with Crippen molar-refractivity contribution < 1.29 is 21.6 Å². The fraction of sp³-hybridized carbons (Fsp3) is 0.150. The molecular weight excluding hydrogens is 349 g/mol. The van der Waals surface area contributed by atoms with Crippen molar-refractivity contribution in [1.29, 1.82) is 5.41 Å². The molecule has 2 aromatic carbocycles. The van der Waals surface area contributed by atoms with Crippen LogP contribution in [0, 0.1) is 11.2 Å². The Bertz CT molecular complexity index is 962. The third kappa shape index (κ3) is 4.20.